The molecule has 0 atom stereocenters. The highest BCUT2D eigenvalue weighted by atomic mass is 16.7. The number of quaternary nitrogens is 1. The van der Waals surface area contributed by atoms with Gasteiger partial charge in [-0.05, 0) is 30.5 Å². The van der Waals surface area contributed by atoms with Crippen molar-refractivity contribution < 1.29 is 18.8 Å². The number of esters is 1. The van der Waals surface area contributed by atoms with Gasteiger partial charge in [0.2, 0.25) is 6.79 Å². The van der Waals surface area contributed by atoms with Gasteiger partial charge in [-0.25, -0.2) is 0 Å². The van der Waals surface area contributed by atoms with E-state index in [1.54, 1.807) is 0 Å². The minimum absolute atomic E-state index is 0.0347. The maximum absolute atomic E-state index is 12.2. The van der Waals surface area contributed by atoms with Crippen molar-refractivity contribution in [2.75, 3.05) is 27.4 Å². The largest absolute Gasteiger partial charge is 0.457 e. The lowest BCUT2D eigenvalue weighted by atomic mass is 10.0. The quantitative estimate of drug-likeness (QED) is 0.0731. The number of rotatable bonds is 21. The molecular weight excluding hydrogens is 458 g/mol. The Morgan fingerprint density at radius 2 is 1.32 bits per heavy atom. The fourth-order valence-electron chi connectivity index (χ4n) is 4.75. The van der Waals surface area contributed by atoms with Crippen LogP contribution in [0.3, 0.4) is 0 Å². The molecule has 0 N–H and O–H groups in total. The molecule has 0 saturated carbocycles. The van der Waals surface area contributed by atoms with E-state index in [-0.39, 0.29) is 12.8 Å². The van der Waals surface area contributed by atoms with Crippen LogP contribution < -0.4 is 4.74 Å². The van der Waals surface area contributed by atoms with Gasteiger partial charge in [-0.2, -0.15) is 0 Å². The molecule has 4 nitrogen and oxygen atoms in total. The van der Waals surface area contributed by atoms with Crippen molar-refractivity contribution in [3.05, 3.63) is 65.7 Å². The molecule has 0 aliphatic heterocycles. The number of benzene rings is 2. The molecule has 0 aromatic heterocycles. The van der Waals surface area contributed by atoms with Crippen LogP contribution >= 0.6 is 0 Å². The minimum atomic E-state index is -0.216. The molecule has 0 spiro atoms. The zero-order valence-electron chi connectivity index (χ0n) is 23.9. The molecule has 0 saturated heterocycles. The number of unbranched alkanes of at least 4 members (excludes halogenated alkanes) is 11. The van der Waals surface area contributed by atoms with E-state index in [2.05, 4.69) is 57.4 Å². The van der Waals surface area contributed by atoms with Gasteiger partial charge in [0.15, 0.2) is 0 Å². The fraction of sp³-hybridized carbons (Fsp3) is 0.606. The smallest absolute Gasteiger partial charge is 0.314 e. The Bertz CT molecular complexity index is 850. The van der Waals surface area contributed by atoms with Gasteiger partial charge in [0, 0.05) is 5.56 Å². The standard InChI is InChI=1S/C33H52NO3/c1-4-5-6-7-8-9-10-11-12-13-14-16-20-30-23-19-24-32(27-30)36-29-37-33(35)25-26-34(2,3)28-31-21-17-15-18-22-31/h15,17-19,21-24,27H,4-14,16,20,25-26,28-29H2,1-3H3/q+1. The zero-order valence-corrected chi connectivity index (χ0v) is 23.9. The summed E-state index contributed by atoms with van der Waals surface area (Å²) in [6.45, 7) is 3.85. The maximum Gasteiger partial charge on any atom is 0.314 e. The molecule has 0 amide bonds. The first-order chi connectivity index (χ1) is 18.0. The number of hydrogen-bond donors (Lipinski definition) is 0. The molecule has 4 heteroatoms. The lowest BCUT2D eigenvalue weighted by Crippen LogP contribution is -2.40. The third-order valence-electron chi connectivity index (χ3n) is 7.04. The van der Waals surface area contributed by atoms with Gasteiger partial charge in [0.1, 0.15) is 12.3 Å². The summed E-state index contributed by atoms with van der Waals surface area (Å²) in [6.07, 6.45) is 17.9. The van der Waals surface area contributed by atoms with Crippen molar-refractivity contribution in [2.45, 2.75) is 103 Å². The van der Waals surface area contributed by atoms with Crippen molar-refractivity contribution in [3.63, 3.8) is 0 Å². The van der Waals surface area contributed by atoms with Crippen LogP contribution in [0.25, 0.3) is 0 Å². The third kappa shape index (κ3) is 15.5. The average Bonchev–Trinajstić information content (AvgIpc) is 2.89. The molecular formula is C33H52NO3+. The van der Waals surface area contributed by atoms with Crippen LogP contribution in [0, 0.1) is 0 Å². The molecule has 0 radical (unpaired) electrons. The van der Waals surface area contributed by atoms with Gasteiger partial charge in [-0.15, -0.1) is 0 Å². The molecule has 2 rings (SSSR count). The highest BCUT2D eigenvalue weighted by Gasteiger charge is 2.18. The number of carbonyl (C=O) groups is 1. The lowest BCUT2D eigenvalue weighted by molar-refractivity contribution is -0.903. The summed E-state index contributed by atoms with van der Waals surface area (Å²) in [4.78, 5) is 12.2. The van der Waals surface area contributed by atoms with Crippen LogP contribution in [-0.4, -0.2) is 37.9 Å². The van der Waals surface area contributed by atoms with E-state index in [0.29, 0.717) is 6.42 Å². The normalized spacial score (nSPS) is 11.4. The molecule has 0 fully saturated rings. The summed E-state index contributed by atoms with van der Waals surface area (Å²) >= 11 is 0. The number of carbonyl (C=O) groups excluding carboxylic acids is 1. The van der Waals surface area contributed by atoms with Gasteiger partial charge in [0.25, 0.3) is 0 Å². The van der Waals surface area contributed by atoms with Gasteiger partial charge in [-0.3, -0.25) is 4.79 Å². The molecule has 37 heavy (non-hydrogen) atoms. The monoisotopic (exact) mass is 510 g/mol. The van der Waals surface area contributed by atoms with Crippen LogP contribution in [0.5, 0.6) is 5.75 Å². The zero-order chi connectivity index (χ0) is 26.6. The first-order valence-electron chi connectivity index (χ1n) is 14.7. The lowest BCUT2D eigenvalue weighted by Gasteiger charge is -2.29. The summed E-state index contributed by atoms with van der Waals surface area (Å²) in [5.41, 5.74) is 2.56. The Morgan fingerprint density at radius 1 is 0.730 bits per heavy atom. The van der Waals surface area contributed by atoms with E-state index in [4.69, 9.17) is 9.47 Å². The van der Waals surface area contributed by atoms with E-state index in [1.807, 2.05) is 18.2 Å². The van der Waals surface area contributed by atoms with E-state index in [1.165, 1.54) is 88.2 Å². The molecule has 0 unspecified atom stereocenters. The van der Waals surface area contributed by atoms with E-state index in [9.17, 15) is 4.79 Å². The summed E-state index contributed by atoms with van der Waals surface area (Å²) < 4.78 is 11.8. The molecule has 0 bridgehead atoms. The minimum Gasteiger partial charge on any atom is -0.457 e. The molecule has 0 aliphatic carbocycles. The Balaban J connectivity index is 1.52. The van der Waals surface area contributed by atoms with Crippen LogP contribution in [0.15, 0.2) is 54.6 Å². The van der Waals surface area contributed by atoms with Crippen LogP contribution in [0.4, 0.5) is 0 Å². The molecule has 0 aliphatic rings. The second kappa shape index (κ2) is 18.8. The van der Waals surface area contributed by atoms with Crippen molar-refractivity contribution in [3.8, 4) is 5.75 Å². The Morgan fingerprint density at radius 3 is 1.97 bits per heavy atom. The number of aryl methyl sites for hydroxylation is 1. The topological polar surface area (TPSA) is 35.5 Å². The van der Waals surface area contributed by atoms with Crippen molar-refractivity contribution in [2.24, 2.45) is 0 Å². The molecule has 2 aromatic carbocycles. The third-order valence-corrected chi connectivity index (χ3v) is 7.04. The Hall–Kier alpha value is -2.33. The molecule has 2 aromatic rings. The number of ether oxygens (including phenoxy) is 2. The molecule has 0 heterocycles. The van der Waals surface area contributed by atoms with Gasteiger partial charge in [-0.1, -0.05) is 120 Å². The van der Waals surface area contributed by atoms with Crippen LogP contribution in [0.1, 0.15) is 102 Å². The Labute approximate surface area is 227 Å². The SMILES string of the molecule is CCCCCCCCCCCCCCc1cccc(OCOC(=O)CC[N+](C)(C)Cc2ccccc2)c1. The van der Waals surface area contributed by atoms with E-state index in [0.717, 1.165) is 29.7 Å². The first kappa shape index (κ1) is 30.9. The number of hydrogen-bond acceptors (Lipinski definition) is 3. The van der Waals surface area contributed by atoms with Crippen LogP contribution in [0.2, 0.25) is 0 Å². The second-order valence-electron chi connectivity index (χ2n) is 11.1. The first-order valence-corrected chi connectivity index (χ1v) is 14.7. The van der Waals surface area contributed by atoms with E-state index >= 15 is 0 Å². The summed E-state index contributed by atoms with van der Waals surface area (Å²) in [6, 6.07) is 18.6. The Kier molecular flexibility index (Phi) is 15.7. The highest BCUT2D eigenvalue weighted by Crippen LogP contribution is 2.17. The average molecular weight is 511 g/mol. The maximum atomic E-state index is 12.2. The predicted molar refractivity (Wildman–Crippen MR) is 155 cm³/mol. The van der Waals surface area contributed by atoms with Crippen LogP contribution in [-0.2, 0) is 22.5 Å². The highest BCUT2D eigenvalue weighted by molar-refractivity contribution is 5.69. The fourth-order valence-corrected chi connectivity index (χ4v) is 4.75. The van der Waals surface area contributed by atoms with Crippen molar-refractivity contribution >= 4 is 5.97 Å². The summed E-state index contributed by atoms with van der Waals surface area (Å²) in [7, 11) is 4.28. The summed E-state index contributed by atoms with van der Waals surface area (Å²) in [5.74, 6) is 0.552. The van der Waals surface area contributed by atoms with Gasteiger partial charge >= 0.3 is 5.97 Å². The van der Waals surface area contributed by atoms with Gasteiger partial charge < -0.3 is 14.0 Å². The van der Waals surface area contributed by atoms with E-state index < -0.39 is 0 Å². The number of nitrogens with zero attached hydrogens (tertiary/aromatic N) is 1. The molecule has 206 valence electrons. The van der Waals surface area contributed by atoms with Gasteiger partial charge in [0.05, 0.1) is 27.1 Å². The van der Waals surface area contributed by atoms with Crippen molar-refractivity contribution in [1.29, 1.82) is 0 Å². The summed E-state index contributed by atoms with van der Waals surface area (Å²) in [5, 5.41) is 0. The predicted octanol–water partition coefficient (Wildman–Crippen LogP) is 8.48. The second-order valence-corrected chi connectivity index (χ2v) is 11.1. The van der Waals surface area contributed by atoms with Crippen molar-refractivity contribution in [1.82, 2.24) is 0 Å².